The number of benzene rings is 2. The first-order valence-electron chi connectivity index (χ1n) is 8.12. The van der Waals surface area contributed by atoms with E-state index in [0.29, 0.717) is 22.8 Å². The van der Waals surface area contributed by atoms with Gasteiger partial charge in [-0.2, -0.15) is 0 Å². The highest BCUT2D eigenvalue weighted by Crippen LogP contribution is 2.42. The van der Waals surface area contributed by atoms with E-state index in [-0.39, 0.29) is 18.1 Å². The molecule has 4 amide bonds. The maximum absolute atomic E-state index is 13.2. The first kappa shape index (κ1) is 17.5. The molecule has 142 valence electrons. The number of fused-ring (bicyclic) bond motifs is 1. The standard InChI is InChI=1S/C19H13FN2O6/c1-26-14-7-10(8-15-16(14)28-9-27-15)6-13-17(23)21-19(25)22(18(13)24)12-4-2-11(20)3-5-12/h2-8H,9H2,1H3,(H,21,23,25)/b13-6+. The summed E-state index contributed by atoms with van der Waals surface area (Å²) < 4.78 is 29.0. The van der Waals surface area contributed by atoms with Crippen LogP contribution in [0.4, 0.5) is 14.9 Å². The van der Waals surface area contributed by atoms with Crippen LogP contribution in [0.25, 0.3) is 6.08 Å². The van der Waals surface area contributed by atoms with Crippen LogP contribution in [-0.4, -0.2) is 31.7 Å². The Morgan fingerprint density at radius 2 is 1.89 bits per heavy atom. The summed E-state index contributed by atoms with van der Waals surface area (Å²) in [5.41, 5.74) is 0.295. The summed E-state index contributed by atoms with van der Waals surface area (Å²) in [6.07, 6.45) is 1.31. The zero-order chi connectivity index (χ0) is 19.8. The Balaban J connectivity index is 1.74. The van der Waals surface area contributed by atoms with E-state index < -0.39 is 23.7 Å². The summed E-state index contributed by atoms with van der Waals surface area (Å²) in [6.45, 7) is 0.0258. The van der Waals surface area contributed by atoms with E-state index in [9.17, 15) is 18.8 Å². The molecular weight excluding hydrogens is 371 g/mol. The van der Waals surface area contributed by atoms with Gasteiger partial charge in [-0.1, -0.05) is 0 Å². The minimum atomic E-state index is -0.915. The lowest BCUT2D eigenvalue weighted by Crippen LogP contribution is -2.54. The van der Waals surface area contributed by atoms with Gasteiger partial charge in [-0.3, -0.25) is 14.9 Å². The molecule has 2 aliphatic rings. The fraction of sp³-hybridized carbons (Fsp3) is 0.105. The van der Waals surface area contributed by atoms with Crippen LogP contribution in [0.5, 0.6) is 17.2 Å². The van der Waals surface area contributed by atoms with Gasteiger partial charge in [-0.25, -0.2) is 14.1 Å². The highest BCUT2D eigenvalue weighted by atomic mass is 19.1. The van der Waals surface area contributed by atoms with Crippen molar-refractivity contribution in [2.45, 2.75) is 0 Å². The molecule has 0 bridgehead atoms. The van der Waals surface area contributed by atoms with Crippen molar-refractivity contribution in [2.75, 3.05) is 18.8 Å². The number of nitrogens with zero attached hydrogens (tertiary/aromatic N) is 1. The number of barbiturate groups is 1. The van der Waals surface area contributed by atoms with Gasteiger partial charge in [-0.15, -0.1) is 0 Å². The predicted molar refractivity (Wildman–Crippen MR) is 94.5 cm³/mol. The predicted octanol–water partition coefficient (Wildman–Crippen LogP) is 2.23. The molecule has 2 aromatic rings. The van der Waals surface area contributed by atoms with E-state index in [1.807, 2.05) is 0 Å². The van der Waals surface area contributed by atoms with Crippen LogP contribution in [0.3, 0.4) is 0 Å². The Hall–Kier alpha value is -3.88. The summed E-state index contributed by atoms with van der Waals surface area (Å²) in [4.78, 5) is 38.0. The van der Waals surface area contributed by atoms with Crippen molar-refractivity contribution in [1.29, 1.82) is 0 Å². The van der Waals surface area contributed by atoms with Gasteiger partial charge < -0.3 is 14.2 Å². The zero-order valence-corrected chi connectivity index (χ0v) is 14.5. The largest absolute Gasteiger partial charge is 0.493 e. The molecule has 1 saturated heterocycles. The smallest absolute Gasteiger partial charge is 0.335 e. The maximum atomic E-state index is 13.2. The van der Waals surface area contributed by atoms with Gasteiger partial charge in [0.15, 0.2) is 11.5 Å². The van der Waals surface area contributed by atoms with Gasteiger partial charge in [0.2, 0.25) is 12.5 Å². The van der Waals surface area contributed by atoms with E-state index in [1.54, 1.807) is 12.1 Å². The maximum Gasteiger partial charge on any atom is 0.335 e. The number of halogens is 1. The normalized spacial score (nSPS) is 17.1. The second-order valence-electron chi connectivity index (χ2n) is 5.89. The number of carbonyl (C=O) groups excluding carboxylic acids is 3. The van der Waals surface area contributed by atoms with Crippen LogP contribution in [0, 0.1) is 5.82 Å². The van der Waals surface area contributed by atoms with Crippen LogP contribution in [0.2, 0.25) is 0 Å². The molecule has 0 unspecified atom stereocenters. The molecule has 0 aliphatic carbocycles. The van der Waals surface area contributed by atoms with Gasteiger partial charge in [0.1, 0.15) is 11.4 Å². The number of ether oxygens (including phenoxy) is 3. The van der Waals surface area contributed by atoms with Crippen LogP contribution in [0.1, 0.15) is 5.56 Å². The second kappa shape index (κ2) is 6.69. The topological polar surface area (TPSA) is 94.2 Å². The molecule has 0 atom stereocenters. The van der Waals surface area contributed by atoms with Crippen molar-refractivity contribution in [1.82, 2.24) is 5.32 Å². The number of urea groups is 1. The lowest BCUT2D eigenvalue weighted by molar-refractivity contribution is -0.122. The number of nitrogens with one attached hydrogen (secondary N) is 1. The van der Waals surface area contributed by atoms with Gasteiger partial charge in [-0.05, 0) is 48.0 Å². The quantitative estimate of drug-likeness (QED) is 0.644. The zero-order valence-electron chi connectivity index (χ0n) is 14.5. The lowest BCUT2D eigenvalue weighted by Gasteiger charge is -2.26. The number of methoxy groups -OCH3 is 1. The molecule has 9 heteroatoms. The number of amides is 4. The number of carbonyl (C=O) groups is 3. The Kier molecular flexibility index (Phi) is 4.19. The van der Waals surface area contributed by atoms with Crippen molar-refractivity contribution >= 4 is 29.6 Å². The molecule has 0 radical (unpaired) electrons. The summed E-state index contributed by atoms with van der Waals surface area (Å²) in [6, 6.07) is 6.99. The monoisotopic (exact) mass is 384 g/mol. The molecule has 8 nitrogen and oxygen atoms in total. The molecule has 0 aromatic heterocycles. The fourth-order valence-corrected chi connectivity index (χ4v) is 2.88. The van der Waals surface area contributed by atoms with Crippen molar-refractivity contribution in [3.63, 3.8) is 0 Å². The third-order valence-electron chi connectivity index (χ3n) is 4.18. The summed E-state index contributed by atoms with van der Waals surface area (Å²) in [5, 5.41) is 2.10. The minimum absolute atomic E-state index is 0.0258. The van der Waals surface area contributed by atoms with Crippen molar-refractivity contribution in [2.24, 2.45) is 0 Å². The molecule has 0 saturated carbocycles. The van der Waals surface area contributed by atoms with E-state index in [0.717, 1.165) is 17.0 Å². The molecule has 1 fully saturated rings. The van der Waals surface area contributed by atoms with Crippen molar-refractivity contribution < 1.29 is 33.0 Å². The van der Waals surface area contributed by atoms with E-state index in [1.165, 1.54) is 25.3 Å². The summed E-state index contributed by atoms with van der Waals surface area (Å²) >= 11 is 0. The third kappa shape index (κ3) is 2.92. The van der Waals surface area contributed by atoms with Crippen molar-refractivity contribution in [3.8, 4) is 17.2 Å². The van der Waals surface area contributed by atoms with E-state index in [2.05, 4.69) is 5.32 Å². The van der Waals surface area contributed by atoms with Crippen LogP contribution >= 0.6 is 0 Å². The molecule has 4 rings (SSSR count). The van der Waals surface area contributed by atoms with Gasteiger partial charge in [0, 0.05) is 0 Å². The Morgan fingerprint density at radius 3 is 2.61 bits per heavy atom. The number of imide groups is 2. The molecule has 1 N–H and O–H groups in total. The van der Waals surface area contributed by atoms with E-state index >= 15 is 0 Å². The van der Waals surface area contributed by atoms with E-state index in [4.69, 9.17) is 14.2 Å². The minimum Gasteiger partial charge on any atom is -0.493 e. The SMILES string of the molecule is COc1cc(/C=C2\C(=O)NC(=O)N(c3ccc(F)cc3)C2=O)cc2c1OCO2. The molecule has 2 aliphatic heterocycles. The molecule has 2 heterocycles. The Morgan fingerprint density at radius 1 is 1.14 bits per heavy atom. The molecular formula is C19H13FN2O6. The van der Waals surface area contributed by atoms with Gasteiger partial charge >= 0.3 is 6.03 Å². The Bertz CT molecular complexity index is 1030. The fourth-order valence-electron chi connectivity index (χ4n) is 2.88. The number of hydrogen-bond donors (Lipinski definition) is 1. The van der Waals surface area contributed by atoms with Crippen LogP contribution in [0.15, 0.2) is 42.0 Å². The third-order valence-corrected chi connectivity index (χ3v) is 4.18. The highest BCUT2D eigenvalue weighted by molar-refractivity contribution is 6.39. The Labute approximate surface area is 158 Å². The lowest BCUT2D eigenvalue weighted by atomic mass is 10.1. The highest BCUT2D eigenvalue weighted by Gasteiger charge is 2.37. The van der Waals surface area contributed by atoms with Crippen molar-refractivity contribution in [3.05, 3.63) is 53.4 Å². The number of anilines is 1. The molecule has 0 spiro atoms. The second-order valence-corrected chi connectivity index (χ2v) is 5.89. The first-order chi connectivity index (χ1) is 13.5. The van der Waals surface area contributed by atoms with Crippen LogP contribution < -0.4 is 24.4 Å². The summed E-state index contributed by atoms with van der Waals surface area (Å²) in [7, 11) is 1.45. The van der Waals surface area contributed by atoms with Crippen LogP contribution in [-0.2, 0) is 9.59 Å². The average molecular weight is 384 g/mol. The average Bonchev–Trinajstić information content (AvgIpc) is 3.14. The summed E-state index contributed by atoms with van der Waals surface area (Å²) in [5.74, 6) is -1.000. The first-order valence-corrected chi connectivity index (χ1v) is 8.12. The number of hydrogen-bond acceptors (Lipinski definition) is 6. The molecule has 2 aromatic carbocycles. The number of rotatable bonds is 3. The van der Waals surface area contributed by atoms with Gasteiger partial charge in [0.25, 0.3) is 11.8 Å². The molecule has 28 heavy (non-hydrogen) atoms. The van der Waals surface area contributed by atoms with Gasteiger partial charge in [0.05, 0.1) is 12.8 Å².